The lowest BCUT2D eigenvalue weighted by molar-refractivity contribution is 0.0923. The second-order valence-corrected chi connectivity index (χ2v) is 13.4. The van der Waals surface area contributed by atoms with Crippen molar-refractivity contribution in [1.82, 2.24) is 14.7 Å². The van der Waals surface area contributed by atoms with Gasteiger partial charge in [-0.3, -0.25) is 10.1 Å². The molecule has 2 aromatic heterocycles. The number of carbonyl (C=O) groups excluding carboxylic acids is 2. The van der Waals surface area contributed by atoms with Crippen LogP contribution in [0.5, 0.6) is 0 Å². The van der Waals surface area contributed by atoms with Gasteiger partial charge in [-0.15, -0.1) is 0 Å². The Morgan fingerprint density at radius 3 is 2.38 bits per heavy atom. The van der Waals surface area contributed by atoms with Gasteiger partial charge in [0.05, 0.1) is 24.2 Å². The molecule has 0 radical (unpaired) electrons. The van der Waals surface area contributed by atoms with Gasteiger partial charge in [0.25, 0.3) is 0 Å². The number of urea groups is 1. The fourth-order valence-corrected chi connectivity index (χ4v) is 7.10. The summed E-state index contributed by atoms with van der Waals surface area (Å²) in [6, 6.07) is 10.3. The van der Waals surface area contributed by atoms with Gasteiger partial charge in [0.15, 0.2) is 20.1 Å². The highest BCUT2D eigenvalue weighted by Gasteiger charge is 2.29. The van der Waals surface area contributed by atoms with Crippen LogP contribution in [0, 0.1) is 5.92 Å². The van der Waals surface area contributed by atoms with Crippen molar-refractivity contribution in [3.8, 4) is 0 Å². The van der Waals surface area contributed by atoms with Crippen molar-refractivity contribution in [3.05, 3.63) is 59.9 Å². The number of pyridine rings is 1. The summed E-state index contributed by atoms with van der Waals surface area (Å²) in [6.45, 7) is -0.404. The third kappa shape index (κ3) is 6.57. The molecule has 1 saturated carbocycles. The normalized spacial score (nSPS) is 14.4. The predicted molar refractivity (Wildman–Crippen MR) is 139 cm³/mol. The van der Waals surface area contributed by atoms with Crippen molar-refractivity contribution < 1.29 is 26.4 Å². The maximum absolute atomic E-state index is 13.2. The van der Waals surface area contributed by atoms with Crippen LogP contribution in [0.3, 0.4) is 0 Å². The first-order chi connectivity index (χ1) is 17.5. The Kier molecular flexibility index (Phi) is 8.02. The minimum atomic E-state index is -4.14. The van der Waals surface area contributed by atoms with Gasteiger partial charge in [0.2, 0.25) is 19.9 Å². The minimum absolute atomic E-state index is 0.0273. The summed E-state index contributed by atoms with van der Waals surface area (Å²) in [5, 5.41) is 4.82. The number of anilines is 2. The lowest BCUT2D eigenvalue weighted by Crippen LogP contribution is -2.23. The lowest BCUT2D eigenvalue weighted by Gasteiger charge is -2.13. The van der Waals surface area contributed by atoms with Gasteiger partial charge in [0.1, 0.15) is 0 Å². The van der Waals surface area contributed by atoms with E-state index in [0.717, 1.165) is 31.9 Å². The molecular weight excluding hydrogens is 538 g/mol. The number of thiazole rings is 1. The molecule has 1 aromatic carbocycles. The van der Waals surface area contributed by atoms with Crippen LogP contribution in [0.15, 0.2) is 57.9 Å². The van der Waals surface area contributed by atoms with E-state index in [1.165, 1.54) is 18.3 Å². The Labute approximate surface area is 218 Å². The number of rotatable bonds is 9. The van der Waals surface area contributed by atoms with Gasteiger partial charge in [-0.2, -0.15) is 0 Å². The second kappa shape index (κ2) is 11.0. The van der Waals surface area contributed by atoms with Crippen LogP contribution in [0.1, 0.15) is 41.7 Å². The Balaban J connectivity index is 1.58. The molecule has 11 nitrogen and oxygen atoms in total. The quantitative estimate of drug-likeness (QED) is 0.333. The van der Waals surface area contributed by atoms with E-state index in [9.17, 15) is 26.4 Å². The van der Waals surface area contributed by atoms with Crippen LogP contribution in [0.25, 0.3) is 0 Å². The molecule has 0 aliphatic heterocycles. The fraction of sp³-hybridized carbons (Fsp3) is 0.304. The molecule has 37 heavy (non-hydrogen) atoms. The highest BCUT2D eigenvalue weighted by atomic mass is 32.2. The van der Waals surface area contributed by atoms with E-state index in [2.05, 4.69) is 25.3 Å². The molecule has 1 aliphatic rings. The first-order valence-corrected chi connectivity index (χ1v) is 15.6. The molecule has 0 unspecified atom stereocenters. The number of sulfonamides is 1. The Morgan fingerprint density at radius 1 is 1.00 bits per heavy atom. The Hall–Kier alpha value is -3.20. The first-order valence-electron chi connectivity index (χ1n) is 11.4. The molecule has 1 fully saturated rings. The molecule has 2 amide bonds. The number of ketones is 1. The zero-order valence-corrected chi connectivity index (χ0v) is 22.2. The van der Waals surface area contributed by atoms with Gasteiger partial charge in [-0.1, -0.05) is 42.4 Å². The van der Waals surface area contributed by atoms with Crippen molar-refractivity contribution in [3.63, 3.8) is 0 Å². The topological polar surface area (TPSA) is 164 Å². The Bertz CT molecular complexity index is 1520. The molecule has 4 rings (SSSR count). The van der Waals surface area contributed by atoms with E-state index in [1.807, 2.05) is 0 Å². The summed E-state index contributed by atoms with van der Waals surface area (Å²) in [5.41, 5.74) is 0.641. The van der Waals surface area contributed by atoms with Gasteiger partial charge in [-0.05, 0) is 37.1 Å². The zero-order chi connectivity index (χ0) is 26.6. The number of aromatic nitrogens is 2. The molecule has 0 saturated heterocycles. The SMILES string of the molecule is CS(=O)(=O)NCc1nc(NC(=O)Nc2ccccc2C(=O)C2CCCC2)sc1S(=O)(=O)c1ccccn1. The molecule has 14 heteroatoms. The molecule has 0 spiro atoms. The highest BCUT2D eigenvalue weighted by molar-refractivity contribution is 7.93. The van der Waals surface area contributed by atoms with Crippen LogP contribution in [0.4, 0.5) is 15.6 Å². The summed E-state index contributed by atoms with van der Waals surface area (Å²) >= 11 is 0.669. The van der Waals surface area contributed by atoms with Crippen molar-refractivity contribution >= 4 is 53.8 Å². The van der Waals surface area contributed by atoms with Crippen molar-refractivity contribution in [1.29, 1.82) is 0 Å². The number of hydrogen-bond acceptors (Lipinski definition) is 9. The van der Waals surface area contributed by atoms with E-state index in [4.69, 9.17) is 0 Å². The molecule has 3 N–H and O–H groups in total. The zero-order valence-electron chi connectivity index (χ0n) is 19.8. The van der Waals surface area contributed by atoms with E-state index in [0.29, 0.717) is 22.6 Å². The Morgan fingerprint density at radius 2 is 1.70 bits per heavy atom. The van der Waals surface area contributed by atoms with Gasteiger partial charge in [-0.25, -0.2) is 36.3 Å². The first kappa shape index (κ1) is 26.9. The van der Waals surface area contributed by atoms with Crippen LogP contribution in [-0.4, -0.2) is 44.9 Å². The van der Waals surface area contributed by atoms with Crippen LogP contribution in [0.2, 0.25) is 0 Å². The molecule has 0 atom stereocenters. The molecular formula is C23H25N5O6S3. The summed E-state index contributed by atoms with van der Waals surface area (Å²) < 4.78 is 51.5. The number of benzene rings is 1. The average molecular weight is 564 g/mol. The predicted octanol–water partition coefficient (Wildman–Crippen LogP) is 3.44. The fourth-order valence-electron chi connectivity index (χ4n) is 3.98. The number of nitrogens with zero attached hydrogens (tertiary/aromatic N) is 2. The number of para-hydroxylation sites is 1. The molecule has 0 bridgehead atoms. The maximum atomic E-state index is 13.2. The summed E-state index contributed by atoms with van der Waals surface area (Å²) in [5.74, 6) is -0.102. The maximum Gasteiger partial charge on any atom is 0.325 e. The standard InChI is InChI=1S/C23H25N5O6S3/c1-36(31,32)25-14-18-21(37(33,34)19-12-6-7-13-24-19)35-23(27-18)28-22(30)26-17-11-5-4-10-16(17)20(29)15-8-2-3-9-15/h4-7,10-13,15,25H,2-3,8-9,14H2,1H3,(H2,26,27,28,30). The van der Waals surface area contributed by atoms with Crippen molar-refractivity contribution in [2.24, 2.45) is 5.92 Å². The number of carbonyl (C=O) groups is 2. The second-order valence-electron chi connectivity index (χ2n) is 8.49. The summed E-state index contributed by atoms with van der Waals surface area (Å²) in [4.78, 5) is 33.8. The molecule has 196 valence electrons. The van der Waals surface area contributed by atoms with Crippen LogP contribution >= 0.6 is 11.3 Å². The van der Waals surface area contributed by atoms with Crippen molar-refractivity contribution in [2.75, 3.05) is 16.9 Å². The monoisotopic (exact) mass is 563 g/mol. The van der Waals surface area contributed by atoms with E-state index in [-0.39, 0.29) is 31.8 Å². The highest BCUT2D eigenvalue weighted by Crippen LogP contribution is 2.33. The molecule has 2 heterocycles. The number of nitrogens with one attached hydrogen (secondary N) is 3. The molecule has 3 aromatic rings. The van der Waals surface area contributed by atoms with Gasteiger partial charge < -0.3 is 5.32 Å². The number of amides is 2. The average Bonchev–Trinajstić information content (AvgIpc) is 3.53. The van der Waals surface area contributed by atoms with Gasteiger partial charge in [0, 0.05) is 17.7 Å². The van der Waals surface area contributed by atoms with Crippen LogP contribution in [-0.2, 0) is 26.4 Å². The van der Waals surface area contributed by atoms with Gasteiger partial charge >= 0.3 is 6.03 Å². The minimum Gasteiger partial charge on any atom is -0.307 e. The lowest BCUT2D eigenvalue weighted by atomic mass is 9.95. The number of hydrogen-bond donors (Lipinski definition) is 3. The van der Waals surface area contributed by atoms with Crippen molar-refractivity contribution in [2.45, 2.75) is 41.5 Å². The van der Waals surface area contributed by atoms with Crippen LogP contribution < -0.4 is 15.4 Å². The van der Waals surface area contributed by atoms with E-state index >= 15 is 0 Å². The number of Topliss-reactive ketones (excluding diaryl/α,β-unsaturated/α-hetero) is 1. The van der Waals surface area contributed by atoms with E-state index in [1.54, 1.807) is 30.3 Å². The van der Waals surface area contributed by atoms with E-state index < -0.39 is 32.4 Å². The number of sulfone groups is 1. The largest absolute Gasteiger partial charge is 0.325 e. The third-order valence-electron chi connectivity index (χ3n) is 5.71. The summed E-state index contributed by atoms with van der Waals surface area (Å²) in [7, 11) is -7.80. The summed E-state index contributed by atoms with van der Waals surface area (Å²) in [6.07, 6.45) is 5.88. The smallest absolute Gasteiger partial charge is 0.307 e. The molecule has 1 aliphatic carbocycles. The third-order valence-corrected chi connectivity index (χ3v) is 9.61.